The Labute approximate surface area is 132 Å². The average Bonchev–Trinajstić information content (AvgIpc) is 2.45. The number of nitrogens with zero attached hydrogens (tertiary/aromatic N) is 2. The van der Waals surface area contributed by atoms with Gasteiger partial charge in [0.05, 0.1) is 4.90 Å². The summed E-state index contributed by atoms with van der Waals surface area (Å²) in [7, 11) is -0.359. The van der Waals surface area contributed by atoms with Gasteiger partial charge in [-0.2, -0.15) is 0 Å². The number of benzene rings is 1. The van der Waals surface area contributed by atoms with Crippen molar-refractivity contribution in [3.05, 3.63) is 18.2 Å². The van der Waals surface area contributed by atoms with Crippen LogP contribution in [0.25, 0.3) is 0 Å². The minimum atomic E-state index is -3.41. The second kappa shape index (κ2) is 8.03. The Hall–Kier alpha value is -0.760. The maximum atomic E-state index is 12.1. The molecule has 21 heavy (non-hydrogen) atoms. The van der Waals surface area contributed by atoms with Crippen molar-refractivity contribution in [2.24, 2.45) is 0 Å². The van der Waals surface area contributed by atoms with Crippen LogP contribution in [0.2, 0.25) is 0 Å². The fourth-order valence-electron chi connectivity index (χ4n) is 1.84. The zero-order valence-corrected chi connectivity index (χ0v) is 14.8. The fraction of sp³-hybridized carbons (Fsp3) is 0.571. The second-order valence-corrected chi connectivity index (χ2v) is 8.15. The van der Waals surface area contributed by atoms with Gasteiger partial charge in [-0.15, -0.1) is 11.8 Å². The van der Waals surface area contributed by atoms with E-state index < -0.39 is 10.0 Å². The highest BCUT2D eigenvalue weighted by Crippen LogP contribution is 2.28. The summed E-state index contributed by atoms with van der Waals surface area (Å²) < 4.78 is 25.5. The molecule has 0 bridgehead atoms. The monoisotopic (exact) mass is 331 g/mol. The highest BCUT2D eigenvalue weighted by atomic mass is 32.2. The molecular formula is C14H25N3O2S2. The number of sulfonamides is 1. The van der Waals surface area contributed by atoms with E-state index in [0.717, 1.165) is 30.3 Å². The SMILES string of the molecule is CCN(CC)CCSc1cc(S(=O)(=O)N(C)C)ccc1N. The van der Waals surface area contributed by atoms with Crippen molar-refractivity contribution in [2.75, 3.05) is 45.2 Å². The molecule has 0 saturated carbocycles. The van der Waals surface area contributed by atoms with Crippen LogP contribution in [0.1, 0.15) is 13.8 Å². The topological polar surface area (TPSA) is 66.6 Å². The quantitative estimate of drug-likeness (QED) is 0.582. The Kier molecular flexibility index (Phi) is 6.99. The number of anilines is 1. The van der Waals surface area contributed by atoms with Gasteiger partial charge in [-0.1, -0.05) is 13.8 Å². The summed E-state index contributed by atoms with van der Waals surface area (Å²) in [4.78, 5) is 3.43. The van der Waals surface area contributed by atoms with E-state index in [9.17, 15) is 8.42 Å². The summed E-state index contributed by atoms with van der Waals surface area (Å²) >= 11 is 1.60. The largest absolute Gasteiger partial charge is 0.398 e. The van der Waals surface area contributed by atoms with Gasteiger partial charge in [-0.3, -0.25) is 0 Å². The lowest BCUT2D eigenvalue weighted by Crippen LogP contribution is -2.25. The zero-order chi connectivity index (χ0) is 16.0. The van der Waals surface area contributed by atoms with E-state index in [4.69, 9.17) is 5.73 Å². The van der Waals surface area contributed by atoms with Gasteiger partial charge in [0.2, 0.25) is 10.0 Å². The Morgan fingerprint density at radius 1 is 1.19 bits per heavy atom. The van der Waals surface area contributed by atoms with E-state index in [1.54, 1.807) is 30.0 Å². The van der Waals surface area contributed by atoms with Crippen molar-refractivity contribution >= 4 is 27.5 Å². The van der Waals surface area contributed by atoms with Crippen LogP contribution in [0.3, 0.4) is 0 Å². The summed E-state index contributed by atoms with van der Waals surface area (Å²) in [6.07, 6.45) is 0. The third-order valence-electron chi connectivity index (χ3n) is 3.32. The summed E-state index contributed by atoms with van der Waals surface area (Å²) in [6.45, 7) is 7.25. The lowest BCUT2D eigenvalue weighted by atomic mass is 10.3. The van der Waals surface area contributed by atoms with Crippen LogP contribution < -0.4 is 5.73 Å². The molecule has 0 radical (unpaired) electrons. The minimum absolute atomic E-state index is 0.284. The zero-order valence-electron chi connectivity index (χ0n) is 13.2. The number of hydrogen-bond donors (Lipinski definition) is 1. The molecule has 1 aromatic rings. The number of nitrogens with two attached hydrogens (primary N) is 1. The molecule has 0 aliphatic heterocycles. The van der Waals surface area contributed by atoms with Crippen LogP contribution in [-0.4, -0.2) is 57.1 Å². The van der Waals surface area contributed by atoms with E-state index in [1.165, 1.54) is 18.4 Å². The minimum Gasteiger partial charge on any atom is -0.398 e. The van der Waals surface area contributed by atoms with Crippen molar-refractivity contribution in [3.8, 4) is 0 Å². The highest BCUT2D eigenvalue weighted by molar-refractivity contribution is 7.99. The molecule has 0 heterocycles. The molecule has 0 aliphatic carbocycles. The van der Waals surface area contributed by atoms with Gasteiger partial charge in [0.25, 0.3) is 0 Å². The molecule has 0 unspecified atom stereocenters. The van der Waals surface area contributed by atoms with Crippen molar-refractivity contribution < 1.29 is 8.42 Å². The molecule has 120 valence electrons. The van der Waals surface area contributed by atoms with Gasteiger partial charge in [-0.05, 0) is 31.3 Å². The van der Waals surface area contributed by atoms with Crippen molar-refractivity contribution in [2.45, 2.75) is 23.6 Å². The maximum absolute atomic E-state index is 12.1. The first-order valence-electron chi connectivity index (χ1n) is 7.00. The standard InChI is InChI=1S/C14H25N3O2S2/c1-5-17(6-2)9-10-20-14-11-12(7-8-13(14)15)21(18,19)16(3)4/h7-8,11H,5-6,9-10,15H2,1-4H3. The van der Waals surface area contributed by atoms with Crippen LogP contribution in [0, 0.1) is 0 Å². The van der Waals surface area contributed by atoms with Crippen molar-refractivity contribution in [3.63, 3.8) is 0 Å². The first-order valence-corrected chi connectivity index (χ1v) is 9.42. The average molecular weight is 332 g/mol. The number of hydrogen-bond acceptors (Lipinski definition) is 5. The molecule has 0 aromatic heterocycles. The molecule has 7 heteroatoms. The third kappa shape index (κ3) is 4.88. The second-order valence-electron chi connectivity index (χ2n) is 4.86. The van der Waals surface area contributed by atoms with Crippen molar-refractivity contribution in [1.29, 1.82) is 0 Å². The normalized spacial score (nSPS) is 12.3. The summed E-state index contributed by atoms with van der Waals surface area (Å²) in [5.74, 6) is 0.886. The smallest absolute Gasteiger partial charge is 0.242 e. The van der Waals surface area contributed by atoms with Gasteiger partial charge < -0.3 is 10.6 Å². The molecule has 0 spiro atoms. The molecule has 0 saturated heterocycles. The molecule has 0 fully saturated rings. The van der Waals surface area contributed by atoms with Gasteiger partial charge in [0.15, 0.2) is 0 Å². The van der Waals surface area contributed by atoms with Crippen LogP contribution in [0.15, 0.2) is 28.0 Å². The molecular weight excluding hydrogens is 306 g/mol. The molecule has 0 aliphatic rings. The maximum Gasteiger partial charge on any atom is 0.242 e. The Balaban J connectivity index is 2.84. The predicted molar refractivity (Wildman–Crippen MR) is 90.2 cm³/mol. The predicted octanol–water partition coefficient (Wildman–Crippen LogP) is 1.95. The highest BCUT2D eigenvalue weighted by Gasteiger charge is 2.18. The van der Waals surface area contributed by atoms with Crippen molar-refractivity contribution in [1.82, 2.24) is 9.21 Å². The van der Waals surface area contributed by atoms with E-state index in [0.29, 0.717) is 5.69 Å². The lowest BCUT2D eigenvalue weighted by Gasteiger charge is -2.18. The lowest BCUT2D eigenvalue weighted by molar-refractivity contribution is 0.324. The van der Waals surface area contributed by atoms with Crippen LogP contribution >= 0.6 is 11.8 Å². The van der Waals surface area contributed by atoms with E-state index in [1.807, 2.05) is 0 Å². The Morgan fingerprint density at radius 2 is 1.81 bits per heavy atom. The van der Waals surface area contributed by atoms with Gasteiger partial charge in [-0.25, -0.2) is 12.7 Å². The first-order chi connectivity index (χ1) is 9.82. The first kappa shape index (κ1) is 18.3. The Bertz CT molecular complexity index is 555. The Morgan fingerprint density at radius 3 is 2.33 bits per heavy atom. The summed E-state index contributed by atoms with van der Waals surface area (Å²) in [6, 6.07) is 4.88. The van der Waals surface area contributed by atoms with Crippen LogP contribution in [-0.2, 0) is 10.0 Å². The van der Waals surface area contributed by atoms with Gasteiger partial charge >= 0.3 is 0 Å². The molecule has 5 nitrogen and oxygen atoms in total. The van der Waals surface area contributed by atoms with Crippen LogP contribution in [0.4, 0.5) is 5.69 Å². The molecule has 2 N–H and O–H groups in total. The van der Waals surface area contributed by atoms with Crippen LogP contribution in [0.5, 0.6) is 0 Å². The van der Waals surface area contributed by atoms with E-state index in [-0.39, 0.29) is 4.90 Å². The molecule has 1 rings (SSSR count). The third-order valence-corrected chi connectivity index (χ3v) is 6.19. The summed E-state index contributed by atoms with van der Waals surface area (Å²) in [5, 5.41) is 0. The van der Waals surface area contributed by atoms with Gasteiger partial charge in [0.1, 0.15) is 0 Å². The van der Waals surface area contributed by atoms with E-state index in [2.05, 4.69) is 18.7 Å². The molecule has 1 aromatic carbocycles. The molecule has 0 amide bonds. The summed E-state index contributed by atoms with van der Waals surface area (Å²) in [5.41, 5.74) is 6.57. The number of nitrogen functional groups attached to an aromatic ring is 1. The van der Waals surface area contributed by atoms with E-state index >= 15 is 0 Å². The fourth-order valence-corrected chi connectivity index (χ4v) is 3.85. The van der Waals surface area contributed by atoms with Gasteiger partial charge in [0, 0.05) is 37.0 Å². The molecule has 0 atom stereocenters. The number of rotatable bonds is 8. The number of thioether (sulfide) groups is 1.